The molecule has 4 nitrogen and oxygen atoms in total. The van der Waals surface area contributed by atoms with Crippen LogP contribution in [0.15, 0.2) is 12.1 Å². The van der Waals surface area contributed by atoms with Crippen LogP contribution in [0.1, 0.15) is 34.8 Å². The summed E-state index contributed by atoms with van der Waals surface area (Å²) < 4.78 is 41.8. The third kappa shape index (κ3) is 2.43. The summed E-state index contributed by atoms with van der Waals surface area (Å²) in [7, 11) is 3.78. The summed E-state index contributed by atoms with van der Waals surface area (Å²) in [5.74, 6) is -0.321. The number of likely N-dealkylation sites (N-methyl/N-ethyl adjacent to an activating group) is 1. The molecule has 0 saturated carbocycles. The van der Waals surface area contributed by atoms with Gasteiger partial charge in [-0.1, -0.05) is 6.92 Å². The highest BCUT2D eigenvalue weighted by atomic mass is 19.4. The molecule has 1 aromatic rings. The molecular formula is C18H23F3N3O+. The van der Waals surface area contributed by atoms with Gasteiger partial charge in [-0.05, 0) is 24.1 Å². The summed E-state index contributed by atoms with van der Waals surface area (Å²) in [5, 5.41) is 0. The maximum absolute atomic E-state index is 13.6. The van der Waals surface area contributed by atoms with Crippen LogP contribution in [0.4, 0.5) is 18.9 Å². The Bertz CT molecular complexity index is 748. The first-order chi connectivity index (χ1) is 11.6. The molecule has 1 aromatic carbocycles. The first kappa shape index (κ1) is 16.7. The Labute approximate surface area is 145 Å². The quantitative estimate of drug-likeness (QED) is 0.602. The minimum Gasteiger partial charge on any atom is -0.359 e. The fourth-order valence-electron chi connectivity index (χ4n) is 4.59. The first-order valence-corrected chi connectivity index (χ1v) is 8.74. The second-order valence-corrected chi connectivity index (χ2v) is 7.83. The number of halogens is 3. The molecule has 136 valence electrons. The molecule has 4 rings (SSSR count). The predicted molar refractivity (Wildman–Crippen MR) is 88.4 cm³/mol. The van der Waals surface area contributed by atoms with Gasteiger partial charge in [0.25, 0.3) is 5.91 Å². The maximum atomic E-state index is 13.6. The van der Waals surface area contributed by atoms with Crippen LogP contribution in [-0.4, -0.2) is 61.1 Å². The van der Waals surface area contributed by atoms with E-state index in [2.05, 4.69) is 14.0 Å². The van der Waals surface area contributed by atoms with Crippen LogP contribution in [0.25, 0.3) is 0 Å². The molecule has 3 aliphatic rings. The van der Waals surface area contributed by atoms with Crippen molar-refractivity contribution in [2.75, 3.05) is 38.6 Å². The van der Waals surface area contributed by atoms with Crippen LogP contribution in [0.3, 0.4) is 0 Å². The molecule has 7 heteroatoms. The Morgan fingerprint density at radius 1 is 1.28 bits per heavy atom. The van der Waals surface area contributed by atoms with Gasteiger partial charge in [-0.15, -0.1) is 0 Å². The Kier molecular flexibility index (Phi) is 3.42. The number of hydrogen-bond acceptors (Lipinski definition) is 2. The summed E-state index contributed by atoms with van der Waals surface area (Å²) >= 11 is 0. The summed E-state index contributed by atoms with van der Waals surface area (Å²) in [6.45, 7) is 4.75. The fraction of sp³-hybridized carbons (Fsp3) is 0.611. The number of carbonyl (C=O) groups excluding carboxylic acids is 1. The molecule has 0 aromatic heterocycles. The molecule has 3 aliphatic heterocycles. The standard InChI is InChI=1S/C18H23F3N3O/c1-4-12-7-23(8-13-10-24(12,13)3)11-5-14-15(9-22(2)17(14)25)16(6-11)18(19,20)21/h5-6,12-13H,4,7-10H2,1-3H3/q+1. The van der Waals surface area contributed by atoms with Gasteiger partial charge in [0.1, 0.15) is 12.6 Å². The van der Waals surface area contributed by atoms with E-state index in [0.29, 0.717) is 17.8 Å². The third-order valence-corrected chi connectivity index (χ3v) is 6.35. The van der Waals surface area contributed by atoms with Crippen LogP contribution in [0.5, 0.6) is 0 Å². The van der Waals surface area contributed by atoms with E-state index in [4.69, 9.17) is 0 Å². The molecule has 0 spiro atoms. The lowest BCUT2D eigenvalue weighted by atomic mass is 10.00. The average molecular weight is 354 g/mol. The van der Waals surface area contributed by atoms with E-state index < -0.39 is 11.7 Å². The number of carbonyl (C=O) groups is 1. The van der Waals surface area contributed by atoms with Crippen molar-refractivity contribution in [2.45, 2.75) is 38.1 Å². The number of fused-ring (bicyclic) bond motifs is 2. The zero-order valence-corrected chi connectivity index (χ0v) is 14.7. The Morgan fingerprint density at radius 3 is 2.64 bits per heavy atom. The van der Waals surface area contributed by atoms with Crippen molar-refractivity contribution in [1.82, 2.24) is 4.90 Å². The van der Waals surface area contributed by atoms with Crippen LogP contribution < -0.4 is 4.90 Å². The van der Waals surface area contributed by atoms with Crippen molar-refractivity contribution in [3.63, 3.8) is 0 Å². The van der Waals surface area contributed by atoms with Crippen molar-refractivity contribution in [3.8, 4) is 0 Å². The normalized spacial score (nSPS) is 31.2. The molecular weight excluding hydrogens is 331 g/mol. The van der Waals surface area contributed by atoms with Crippen LogP contribution in [0, 0.1) is 0 Å². The second-order valence-electron chi connectivity index (χ2n) is 7.83. The molecule has 0 radical (unpaired) electrons. The Morgan fingerprint density at radius 2 is 2.00 bits per heavy atom. The molecule has 0 N–H and O–H groups in total. The number of amides is 1. The van der Waals surface area contributed by atoms with Gasteiger partial charge in [0.05, 0.1) is 25.7 Å². The summed E-state index contributed by atoms with van der Waals surface area (Å²) in [6.07, 6.45) is -3.45. The van der Waals surface area contributed by atoms with E-state index in [1.165, 1.54) is 11.0 Å². The lowest BCUT2D eigenvalue weighted by molar-refractivity contribution is -0.821. The van der Waals surface area contributed by atoms with Crippen LogP contribution in [-0.2, 0) is 12.7 Å². The highest BCUT2D eigenvalue weighted by molar-refractivity contribution is 5.99. The van der Waals surface area contributed by atoms with Gasteiger partial charge in [-0.3, -0.25) is 4.79 Å². The Hall–Kier alpha value is -1.76. The molecule has 25 heavy (non-hydrogen) atoms. The molecule has 0 bridgehead atoms. The van der Waals surface area contributed by atoms with Crippen molar-refractivity contribution >= 4 is 11.6 Å². The second kappa shape index (κ2) is 5.13. The van der Waals surface area contributed by atoms with Gasteiger partial charge in [0, 0.05) is 24.8 Å². The lowest BCUT2D eigenvalue weighted by Gasteiger charge is -2.38. The van der Waals surface area contributed by atoms with E-state index in [0.717, 1.165) is 30.5 Å². The SMILES string of the molecule is CCC1CN(c2cc3c(c(C(F)(F)F)c2)CN(C)C3=O)CC2C[N+]12C. The number of rotatable bonds is 2. The highest BCUT2D eigenvalue weighted by Gasteiger charge is 2.59. The van der Waals surface area contributed by atoms with E-state index in [9.17, 15) is 18.0 Å². The van der Waals surface area contributed by atoms with Gasteiger partial charge >= 0.3 is 6.18 Å². The average Bonchev–Trinajstić information content (AvgIpc) is 3.14. The number of alkyl halides is 3. The summed E-state index contributed by atoms with van der Waals surface area (Å²) in [4.78, 5) is 15.7. The van der Waals surface area contributed by atoms with Gasteiger partial charge in [0.2, 0.25) is 0 Å². The molecule has 3 atom stereocenters. The zero-order valence-electron chi connectivity index (χ0n) is 14.7. The maximum Gasteiger partial charge on any atom is 0.416 e. The monoisotopic (exact) mass is 354 g/mol. The Balaban J connectivity index is 1.75. The van der Waals surface area contributed by atoms with Crippen molar-refractivity contribution < 1.29 is 22.4 Å². The largest absolute Gasteiger partial charge is 0.416 e. The van der Waals surface area contributed by atoms with Crippen LogP contribution in [0.2, 0.25) is 0 Å². The topological polar surface area (TPSA) is 23.6 Å². The third-order valence-electron chi connectivity index (χ3n) is 6.35. The van der Waals surface area contributed by atoms with Crippen LogP contribution >= 0.6 is 0 Å². The molecule has 2 fully saturated rings. The van der Waals surface area contributed by atoms with E-state index in [-0.39, 0.29) is 23.6 Å². The van der Waals surface area contributed by atoms with Crippen molar-refractivity contribution in [3.05, 3.63) is 28.8 Å². The molecule has 1 amide bonds. The van der Waals surface area contributed by atoms with E-state index in [1.54, 1.807) is 13.1 Å². The van der Waals surface area contributed by atoms with E-state index in [1.807, 2.05) is 4.90 Å². The summed E-state index contributed by atoms with van der Waals surface area (Å²) in [5.41, 5.74) is 0.189. The molecule has 3 heterocycles. The van der Waals surface area contributed by atoms with Gasteiger partial charge in [0.15, 0.2) is 6.04 Å². The van der Waals surface area contributed by atoms with Gasteiger partial charge in [-0.2, -0.15) is 13.2 Å². The number of hydrogen-bond donors (Lipinski definition) is 0. The number of benzene rings is 1. The van der Waals surface area contributed by atoms with Crippen molar-refractivity contribution in [1.29, 1.82) is 0 Å². The predicted octanol–water partition coefficient (Wildman–Crippen LogP) is 2.72. The number of piperazine rings is 1. The minimum absolute atomic E-state index is 0.0263. The molecule has 2 saturated heterocycles. The fourth-order valence-corrected chi connectivity index (χ4v) is 4.59. The summed E-state index contributed by atoms with van der Waals surface area (Å²) in [6, 6.07) is 3.83. The van der Waals surface area contributed by atoms with Crippen molar-refractivity contribution in [2.24, 2.45) is 0 Å². The first-order valence-electron chi connectivity index (χ1n) is 8.74. The number of nitrogens with zero attached hydrogens (tertiary/aromatic N) is 3. The molecule has 3 unspecified atom stereocenters. The minimum atomic E-state index is -4.45. The number of anilines is 1. The highest BCUT2D eigenvalue weighted by Crippen LogP contribution is 2.43. The zero-order chi connectivity index (χ0) is 18.1. The van der Waals surface area contributed by atoms with Gasteiger partial charge < -0.3 is 14.3 Å². The lowest BCUT2D eigenvalue weighted by Crippen LogP contribution is -2.52. The van der Waals surface area contributed by atoms with E-state index >= 15 is 0 Å². The molecule has 0 aliphatic carbocycles. The smallest absolute Gasteiger partial charge is 0.359 e. The number of quaternary nitrogens is 1. The van der Waals surface area contributed by atoms with Gasteiger partial charge in [-0.25, -0.2) is 0 Å².